The van der Waals surface area contributed by atoms with Crippen molar-refractivity contribution in [1.82, 2.24) is 4.90 Å². The van der Waals surface area contributed by atoms with Crippen molar-refractivity contribution in [2.75, 3.05) is 13.1 Å². The number of likely N-dealkylation sites (tertiary alicyclic amines) is 1. The average Bonchev–Trinajstić information content (AvgIpc) is 2.38. The minimum absolute atomic E-state index is 0.113. The van der Waals surface area contributed by atoms with E-state index in [-0.39, 0.29) is 17.4 Å². The summed E-state index contributed by atoms with van der Waals surface area (Å²) in [4.78, 5) is 14.2. The number of benzene rings is 1. The maximum absolute atomic E-state index is 12.3. The zero-order chi connectivity index (χ0) is 13.9. The largest absolute Gasteiger partial charge is 0.489 e. The van der Waals surface area contributed by atoms with E-state index in [1.807, 2.05) is 56.0 Å². The quantitative estimate of drug-likeness (QED) is 0.818. The fourth-order valence-electron chi connectivity index (χ4n) is 2.38. The van der Waals surface area contributed by atoms with E-state index in [1.54, 1.807) is 0 Å². The van der Waals surface area contributed by atoms with E-state index in [9.17, 15) is 4.79 Å². The van der Waals surface area contributed by atoms with Crippen LogP contribution in [0.2, 0.25) is 0 Å². The van der Waals surface area contributed by atoms with Crippen LogP contribution in [0, 0.1) is 5.41 Å². The highest BCUT2D eigenvalue weighted by Crippen LogP contribution is 2.23. The number of carbonyl (C=O) groups excluding carboxylic acids is 1. The molecule has 1 aromatic carbocycles. The summed E-state index contributed by atoms with van der Waals surface area (Å²) in [5.41, 5.74) is -0.311. The molecule has 1 fully saturated rings. The monoisotopic (exact) mass is 261 g/mol. The van der Waals surface area contributed by atoms with Crippen LogP contribution in [0.5, 0.6) is 5.75 Å². The molecule has 0 N–H and O–H groups in total. The first-order chi connectivity index (χ1) is 8.97. The molecule has 0 aliphatic carbocycles. The molecule has 0 bridgehead atoms. The summed E-state index contributed by atoms with van der Waals surface area (Å²) >= 11 is 0. The zero-order valence-electron chi connectivity index (χ0n) is 12.1. The molecule has 3 heteroatoms. The Hall–Kier alpha value is -1.51. The zero-order valence-corrected chi connectivity index (χ0v) is 12.1. The standard InChI is InChI=1S/C16H23NO2/c1-16(2,3)15(18)17-11-7-10-14(12-17)19-13-8-5-4-6-9-13/h4-6,8-9,14H,7,10-12H2,1-3H3. The van der Waals surface area contributed by atoms with Crippen LogP contribution >= 0.6 is 0 Å². The van der Waals surface area contributed by atoms with Crippen LogP contribution in [0.15, 0.2) is 30.3 Å². The lowest BCUT2D eigenvalue weighted by molar-refractivity contribution is -0.142. The number of para-hydroxylation sites is 1. The lowest BCUT2D eigenvalue weighted by atomic mass is 9.93. The van der Waals surface area contributed by atoms with Crippen molar-refractivity contribution in [3.05, 3.63) is 30.3 Å². The number of nitrogens with zero attached hydrogens (tertiary/aromatic N) is 1. The molecule has 1 aromatic rings. The van der Waals surface area contributed by atoms with Crippen molar-refractivity contribution >= 4 is 5.91 Å². The molecule has 19 heavy (non-hydrogen) atoms. The molecule has 3 nitrogen and oxygen atoms in total. The highest BCUT2D eigenvalue weighted by Gasteiger charge is 2.31. The fraction of sp³-hybridized carbons (Fsp3) is 0.562. The molecule has 2 rings (SSSR count). The van der Waals surface area contributed by atoms with Gasteiger partial charge in [0.2, 0.25) is 5.91 Å². The van der Waals surface area contributed by atoms with Gasteiger partial charge in [-0.15, -0.1) is 0 Å². The first kappa shape index (κ1) is 13.9. The van der Waals surface area contributed by atoms with Crippen molar-refractivity contribution in [3.8, 4) is 5.75 Å². The summed E-state index contributed by atoms with van der Waals surface area (Å²) in [6.45, 7) is 7.46. The van der Waals surface area contributed by atoms with Crippen molar-refractivity contribution in [1.29, 1.82) is 0 Å². The van der Waals surface area contributed by atoms with Crippen LogP contribution < -0.4 is 4.74 Å². The number of hydrogen-bond donors (Lipinski definition) is 0. The van der Waals surface area contributed by atoms with E-state index in [1.165, 1.54) is 0 Å². The van der Waals surface area contributed by atoms with Crippen molar-refractivity contribution in [2.24, 2.45) is 5.41 Å². The third-order valence-corrected chi connectivity index (χ3v) is 3.35. The van der Waals surface area contributed by atoms with Crippen molar-refractivity contribution in [3.63, 3.8) is 0 Å². The Balaban J connectivity index is 1.96. The highest BCUT2D eigenvalue weighted by molar-refractivity contribution is 5.81. The molecule has 0 saturated carbocycles. The van der Waals surface area contributed by atoms with Crippen LogP contribution in [-0.4, -0.2) is 30.0 Å². The number of piperidine rings is 1. The molecule has 1 aliphatic rings. The molecule has 0 aromatic heterocycles. The van der Waals surface area contributed by atoms with E-state index >= 15 is 0 Å². The van der Waals surface area contributed by atoms with E-state index in [2.05, 4.69) is 0 Å². The molecule has 0 radical (unpaired) electrons. The minimum Gasteiger partial charge on any atom is -0.489 e. The maximum Gasteiger partial charge on any atom is 0.228 e. The van der Waals surface area contributed by atoms with Gasteiger partial charge in [0, 0.05) is 12.0 Å². The van der Waals surface area contributed by atoms with E-state index in [0.29, 0.717) is 6.54 Å². The predicted octanol–water partition coefficient (Wildman–Crippen LogP) is 3.10. The molecular weight excluding hydrogens is 238 g/mol. The summed E-state index contributed by atoms with van der Waals surface area (Å²) < 4.78 is 5.95. The number of hydrogen-bond acceptors (Lipinski definition) is 2. The second kappa shape index (κ2) is 5.64. The Morgan fingerprint density at radius 3 is 2.58 bits per heavy atom. The third-order valence-electron chi connectivity index (χ3n) is 3.35. The van der Waals surface area contributed by atoms with Gasteiger partial charge in [0.15, 0.2) is 0 Å². The summed E-state index contributed by atoms with van der Waals surface area (Å²) in [7, 11) is 0. The van der Waals surface area contributed by atoms with E-state index in [0.717, 1.165) is 25.1 Å². The van der Waals surface area contributed by atoms with Gasteiger partial charge in [-0.1, -0.05) is 39.0 Å². The smallest absolute Gasteiger partial charge is 0.228 e. The van der Waals surface area contributed by atoms with Gasteiger partial charge in [-0.2, -0.15) is 0 Å². The van der Waals surface area contributed by atoms with E-state index in [4.69, 9.17) is 4.74 Å². The number of rotatable bonds is 2. The molecule has 1 atom stereocenters. The fourth-order valence-corrected chi connectivity index (χ4v) is 2.38. The number of ether oxygens (including phenoxy) is 1. The van der Waals surface area contributed by atoms with Gasteiger partial charge >= 0.3 is 0 Å². The van der Waals surface area contributed by atoms with Crippen molar-refractivity contribution < 1.29 is 9.53 Å². The van der Waals surface area contributed by atoms with Gasteiger partial charge in [-0.25, -0.2) is 0 Å². The van der Waals surface area contributed by atoms with Gasteiger partial charge < -0.3 is 9.64 Å². The van der Waals surface area contributed by atoms with Crippen LogP contribution in [0.1, 0.15) is 33.6 Å². The minimum atomic E-state index is -0.311. The molecule has 1 heterocycles. The molecule has 1 unspecified atom stereocenters. The van der Waals surface area contributed by atoms with Gasteiger partial charge in [-0.05, 0) is 25.0 Å². The lowest BCUT2D eigenvalue weighted by Gasteiger charge is -2.36. The molecule has 1 amide bonds. The Morgan fingerprint density at radius 1 is 1.26 bits per heavy atom. The van der Waals surface area contributed by atoms with Crippen LogP contribution in [0.25, 0.3) is 0 Å². The Kier molecular flexibility index (Phi) is 4.13. The molecule has 0 spiro atoms. The summed E-state index contributed by atoms with van der Waals surface area (Å²) in [6, 6.07) is 9.84. The van der Waals surface area contributed by atoms with Gasteiger partial charge in [0.05, 0.1) is 6.54 Å². The summed E-state index contributed by atoms with van der Waals surface area (Å²) in [5.74, 6) is 1.10. The summed E-state index contributed by atoms with van der Waals surface area (Å²) in [6.07, 6.45) is 2.14. The Morgan fingerprint density at radius 2 is 1.95 bits per heavy atom. The number of amides is 1. The lowest BCUT2D eigenvalue weighted by Crippen LogP contribution is -2.48. The van der Waals surface area contributed by atoms with Crippen LogP contribution in [0.3, 0.4) is 0 Å². The predicted molar refractivity (Wildman–Crippen MR) is 76.1 cm³/mol. The van der Waals surface area contributed by atoms with Crippen molar-refractivity contribution in [2.45, 2.75) is 39.7 Å². The first-order valence-electron chi connectivity index (χ1n) is 6.98. The number of carbonyl (C=O) groups is 1. The Bertz CT molecular complexity index is 422. The highest BCUT2D eigenvalue weighted by atomic mass is 16.5. The molecular formula is C16H23NO2. The first-order valence-corrected chi connectivity index (χ1v) is 6.98. The second-order valence-electron chi connectivity index (χ2n) is 6.20. The van der Waals surface area contributed by atoms with Gasteiger partial charge in [0.1, 0.15) is 11.9 Å². The van der Waals surface area contributed by atoms with Gasteiger partial charge in [-0.3, -0.25) is 4.79 Å². The maximum atomic E-state index is 12.3. The molecule has 1 saturated heterocycles. The second-order valence-corrected chi connectivity index (χ2v) is 6.20. The normalized spacial score (nSPS) is 20.2. The third kappa shape index (κ3) is 3.72. The van der Waals surface area contributed by atoms with Crippen LogP contribution in [0.4, 0.5) is 0 Å². The average molecular weight is 261 g/mol. The Labute approximate surface area is 115 Å². The SMILES string of the molecule is CC(C)(C)C(=O)N1CCCC(Oc2ccccc2)C1. The topological polar surface area (TPSA) is 29.5 Å². The van der Waals surface area contributed by atoms with E-state index < -0.39 is 0 Å². The summed E-state index contributed by atoms with van der Waals surface area (Å²) in [5, 5.41) is 0. The van der Waals surface area contributed by atoms with Crippen LogP contribution in [-0.2, 0) is 4.79 Å². The molecule has 1 aliphatic heterocycles. The molecule has 104 valence electrons. The van der Waals surface area contributed by atoms with Gasteiger partial charge in [0.25, 0.3) is 0 Å².